The molecule has 0 aromatic rings. The molecule has 0 N–H and O–H groups in total. The Labute approximate surface area is 154 Å². The molecule has 0 saturated heterocycles. The number of cyclic esters (lactones) is 2. The molecule has 1 aliphatic rings. The summed E-state index contributed by atoms with van der Waals surface area (Å²) in [6, 6.07) is 0. The molecule has 0 aliphatic carbocycles. The second-order valence-electron chi connectivity index (χ2n) is 5.65. The van der Waals surface area contributed by atoms with E-state index in [0.29, 0.717) is 25.7 Å². The second-order valence-corrected chi connectivity index (χ2v) is 5.65. The minimum absolute atomic E-state index is 0.170. The molecule has 0 spiro atoms. The van der Waals surface area contributed by atoms with Crippen LogP contribution in [-0.2, 0) is 38.0 Å². The predicted octanol–water partition coefficient (Wildman–Crippen LogP) is 1.74. The van der Waals surface area contributed by atoms with Crippen molar-refractivity contribution in [3.8, 4) is 0 Å². The quantitative estimate of drug-likeness (QED) is 0.545. The van der Waals surface area contributed by atoms with Crippen LogP contribution in [0, 0.1) is 0 Å². The maximum atomic E-state index is 11.9. The first kappa shape index (κ1) is 22.3. The molecule has 8 nitrogen and oxygen atoms in total. The molecular formula is C18H28O8. The van der Waals surface area contributed by atoms with Crippen molar-refractivity contribution in [2.75, 3.05) is 41.7 Å². The van der Waals surface area contributed by atoms with Gasteiger partial charge < -0.3 is 28.4 Å². The maximum absolute atomic E-state index is 11.9. The summed E-state index contributed by atoms with van der Waals surface area (Å²) >= 11 is 0. The number of ether oxygens (including phenoxy) is 6. The Morgan fingerprint density at radius 1 is 0.731 bits per heavy atom. The van der Waals surface area contributed by atoms with Crippen LogP contribution in [0.1, 0.15) is 25.7 Å². The fourth-order valence-electron chi connectivity index (χ4n) is 2.48. The van der Waals surface area contributed by atoms with Gasteiger partial charge in [-0.2, -0.15) is 0 Å². The number of carbonyl (C=O) groups excluding carboxylic acids is 2. The highest BCUT2D eigenvalue weighted by Gasteiger charge is 2.28. The molecular weight excluding hydrogens is 344 g/mol. The van der Waals surface area contributed by atoms with Crippen LogP contribution in [0.2, 0.25) is 0 Å². The Morgan fingerprint density at radius 2 is 1.08 bits per heavy atom. The van der Waals surface area contributed by atoms with E-state index in [-0.39, 0.29) is 13.2 Å². The lowest BCUT2D eigenvalue weighted by Crippen LogP contribution is -2.33. The van der Waals surface area contributed by atoms with Crippen LogP contribution in [0.5, 0.6) is 0 Å². The number of esters is 2. The number of hydrogen-bond donors (Lipinski definition) is 0. The summed E-state index contributed by atoms with van der Waals surface area (Å²) in [6.45, 7) is 0.339. The molecule has 0 fully saturated rings. The van der Waals surface area contributed by atoms with Crippen molar-refractivity contribution in [1.29, 1.82) is 0 Å². The SMILES string of the molecule is COC1(OC)/C=C/C(=O)OCCCC(OC)(OC)/C=C/C(=O)OCCC1. The number of methoxy groups -OCH3 is 4. The van der Waals surface area contributed by atoms with E-state index in [4.69, 9.17) is 28.4 Å². The maximum Gasteiger partial charge on any atom is 0.330 e. The lowest BCUT2D eigenvalue weighted by atomic mass is 10.1. The van der Waals surface area contributed by atoms with Crippen molar-refractivity contribution >= 4 is 11.9 Å². The fraction of sp³-hybridized carbons (Fsp3) is 0.667. The minimum atomic E-state index is -1.08. The second kappa shape index (κ2) is 11.1. The zero-order valence-corrected chi connectivity index (χ0v) is 15.8. The highest BCUT2D eigenvalue weighted by Crippen LogP contribution is 2.22. The monoisotopic (exact) mass is 372 g/mol. The number of hydrogen-bond acceptors (Lipinski definition) is 8. The standard InChI is InChI=1S/C18H28O8/c1-21-17(22-2)9-5-13-25-16(20)8-12-18(23-3,24-4)10-6-14-26-15(19)7-11-17/h7-8,11-12H,5-6,9-10,13-14H2,1-4H3/b11-7+,12-8+. The molecule has 1 heterocycles. The van der Waals surface area contributed by atoms with Crippen molar-refractivity contribution in [3.63, 3.8) is 0 Å². The molecule has 148 valence electrons. The molecule has 0 atom stereocenters. The Hall–Kier alpha value is -1.74. The van der Waals surface area contributed by atoms with Crippen molar-refractivity contribution in [3.05, 3.63) is 24.3 Å². The van der Waals surface area contributed by atoms with Crippen molar-refractivity contribution in [2.24, 2.45) is 0 Å². The van der Waals surface area contributed by atoms with Crippen molar-refractivity contribution in [2.45, 2.75) is 37.3 Å². The summed E-state index contributed by atoms with van der Waals surface area (Å²) in [5.41, 5.74) is 0. The van der Waals surface area contributed by atoms with Crippen LogP contribution in [0.15, 0.2) is 24.3 Å². The van der Waals surface area contributed by atoms with Crippen molar-refractivity contribution in [1.82, 2.24) is 0 Å². The molecule has 0 radical (unpaired) electrons. The fourth-order valence-corrected chi connectivity index (χ4v) is 2.48. The highest BCUT2D eigenvalue weighted by molar-refractivity contribution is 5.82. The van der Waals surface area contributed by atoms with Crippen LogP contribution in [-0.4, -0.2) is 65.2 Å². The normalized spacial score (nSPS) is 24.3. The van der Waals surface area contributed by atoms with E-state index in [0.717, 1.165) is 0 Å². The van der Waals surface area contributed by atoms with Gasteiger partial charge >= 0.3 is 11.9 Å². The van der Waals surface area contributed by atoms with Gasteiger partial charge in [0, 0.05) is 53.4 Å². The van der Waals surface area contributed by atoms with Gasteiger partial charge in [0.05, 0.1) is 13.2 Å². The average molecular weight is 372 g/mol. The number of carbonyl (C=O) groups is 2. The van der Waals surface area contributed by atoms with Crippen LogP contribution < -0.4 is 0 Å². The van der Waals surface area contributed by atoms with Gasteiger partial charge in [0.2, 0.25) is 0 Å². The topological polar surface area (TPSA) is 89.5 Å². The van der Waals surface area contributed by atoms with Crippen LogP contribution in [0.3, 0.4) is 0 Å². The van der Waals surface area contributed by atoms with E-state index in [9.17, 15) is 9.59 Å². The molecule has 1 rings (SSSR count). The van der Waals surface area contributed by atoms with Gasteiger partial charge in [-0.1, -0.05) is 0 Å². The third-order valence-corrected chi connectivity index (χ3v) is 4.16. The van der Waals surface area contributed by atoms with E-state index in [1.165, 1.54) is 52.7 Å². The highest BCUT2D eigenvalue weighted by atomic mass is 16.7. The molecule has 1 aliphatic heterocycles. The predicted molar refractivity (Wildman–Crippen MR) is 92.2 cm³/mol. The van der Waals surface area contributed by atoms with E-state index in [2.05, 4.69) is 0 Å². The number of rotatable bonds is 4. The third-order valence-electron chi connectivity index (χ3n) is 4.16. The van der Waals surface area contributed by atoms with Gasteiger partial charge in [0.1, 0.15) is 0 Å². The smallest absolute Gasteiger partial charge is 0.330 e. The molecule has 0 saturated carbocycles. The molecule has 0 unspecified atom stereocenters. The zero-order chi connectivity index (χ0) is 19.5. The van der Waals surface area contributed by atoms with E-state index in [1.54, 1.807) is 0 Å². The molecule has 8 heteroatoms. The van der Waals surface area contributed by atoms with Gasteiger partial charge in [-0.25, -0.2) is 9.59 Å². The Kier molecular flexibility index (Phi) is 9.50. The molecule has 26 heavy (non-hydrogen) atoms. The lowest BCUT2D eigenvalue weighted by Gasteiger charge is -2.28. The molecule has 0 aromatic heterocycles. The van der Waals surface area contributed by atoms with Crippen LogP contribution in [0.4, 0.5) is 0 Å². The Morgan fingerprint density at radius 3 is 1.38 bits per heavy atom. The summed E-state index contributed by atoms with van der Waals surface area (Å²) in [4.78, 5) is 23.7. The minimum Gasteiger partial charge on any atom is -0.463 e. The van der Waals surface area contributed by atoms with E-state index >= 15 is 0 Å². The molecule has 0 bridgehead atoms. The van der Waals surface area contributed by atoms with Gasteiger partial charge in [-0.3, -0.25) is 0 Å². The summed E-state index contributed by atoms with van der Waals surface area (Å²) < 4.78 is 31.8. The Balaban J connectivity index is 2.90. The first-order valence-electron chi connectivity index (χ1n) is 8.37. The summed E-state index contributed by atoms with van der Waals surface area (Å²) in [5.74, 6) is -3.17. The zero-order valence-electron chi connectivity index (χ0n) is 15.8. The molecule has 0 aromatic carbocycles. The summed E-state index contributed by atoms with van der Waals surface area (Å²) in [6.07, 6.45) is 7.26. The average Bonchev–Trinajstić information content (AvgIpc) is 2.67. The van der Waals surface area contributed by atoms with Crippen LogP contribution >= 0.6 is 0 Å². The van der Waals surface area contributed by atoms with Crippen LogP contribution in [0.25, 0.3) is 0 Å². The largest absolute Gasteiger partial charge is 0.463 e. The lowest BCUT2D eigenvalue weighted by molar-refractivity contribution is -0.179. The van der Waals surface area contributed by atoms with Crippen molar-refractivity contribution < 1.29 is 38.0 Å². The van der Waals surface area contributed by atoms with E-state index < -0.39 is 23.5 Å². The van der Waals surface area contributed by atoms with Gasteiger partial charge in [-0.15, -0.1) is 0 Å². The van der Waals surface area contributed by atoms with Gasteiger partial charge in [0.25, 0.3) is 0 Å². The first-order chi connectivity index (χ1) is 12.4. The Bertz CT molecular complexity index is 457. The van der Waals surface area contributed by atoms with E-state index in [1.807, 2.05) is 0 Å². The molecule has 0 amide bonds. The van der Waals surface area contributed by atoms with Gasteiger partial charge in [-0.05, 0) is 25.0 Å². The summed E-state index contributed by atoms with van der Waals surface area (Å²) in [7, 11) is 5.89. The van der Waals surface area contributed by atoms with Gasteiger partial charge in [0.15, 0.2) is 11.6 Å². The third kappa shape index (κ3) is 6.87. The summed E-state index contributed by atoms with van der Waals surface area (Å²) in [5, 5.41) is 0. The first-order valence-corrected chi connectivity index (χ1v) is 8.37.